The van der Waals surface area contributed by atoms with E-state index in [1.165, 1.54) is 42.5 Å². The van der Waals surface area contributed by atoms with Crippen LogP contribution in [0.15, 0.2) is 115 Å². The number of nitrogens with zero attached hydrogens (tertiary/aromatic N) is 1. The predicted molar refractivity (Wildman–Crippen MR) is 169 cm³/mol. The number of fused-ring (bicyclic) bond motifs is 1. The monoisotopic (exact) mass is 591 g/mol. The molecule has 7 nitrogen and oxygen atoms in total. The smallest absolute Gasteiger partial charge is 0.266 e. The second-order valence-electron chi connectivity index (χ2n) is 10.6. The van der Waals surface area contributed by atoms with Crippen LogP contribution in [0.2, 0.25) is 0 Å². The summed E-state index contributed by atoms with van der Waals surface area (Å²) in [5.41, 5.74) is 3.43. The summed E-state index contributed by atoms with van der Waals surface area (Å²) in [7, 11) is 0. The first-order valence-corrected chi connectivity index (χ1v) is 14.1. The van der Waals surface area contributed by atoms with E-state index in [2.05, 4.69) is 11.8 Å². The number of ketones is 2. The molecule has 0 aliphatic carbocycles. The Balaban J connectivity index is 1.35. The minimum absolute atomic E-state index is 0.0269. The van der Waals surface area contributed by atoms with Crippen LogP contribution in [-0.2, 0) is 12.8 Å². The molecule has 0 radical (unpaired) electrons. The molecule has 1 aliphatic heterocycles. The lowest BCUT2D eigenvalue weighted by Crippen LogP contribution is -2.30. The molecule has 7 heteroatoms. The highest BCUT2D eigenvalue weighted by molar-refractivity contribution is 6.34. The first kappa shape index (κ1) is 28.8. The van der Waals surface area contributed by atoms with Crippen molar-refractivity contribution in [1.82, 2.24) is 0 Å². The third-order valence-corrected chi connectivity index (χ3v) is 7.43. The number of hydrogen-bond donors (Lipinski definition) is 2. The third kappa shape index (κ3) is 6.26. The highest BCUT2D eigenvalue weighted by Gasteiger charge is 2.37. The number of Topliss-reactive ketones (excluding diaryl/α,β-unsaturated/α-hetero) is 2. The number of phenols is 2. The Kier molecular flexibility index (Phi) is 7.79. The van der Waals surface area contributed by atoms with E-state index in [4.69, 9.17) is 0 Å². The topological polar surface area (TPSA) is 112 Å². The van der Waals surface area contributed by atoms with Gasteiger partial charge in [-0.05, 0) is 83.9 Å². The molecule has 1 heterocycles. The molecular weight excluding hydrogens is 566 g/mol. The number of imide groups is 1. The van der Waals surface area contributed by atoms with Gasteiger partial charge in [-0.1, -0.05) is 54.3 Å². The molecule has 218 valence electrons. The molecule has 0 saturated heterocycles. The number of carbonyl (C=O) groups excluding carboxylic acids is 4. The van der Waals surface area contributed by atoms with E-state index < -0.39 is 11.8 Å². The van der Waals surface area contributed by atoms with Gasteiger partial charge in [-0.2, -0.15) is 0 Å². The van der Waals surface area contributed by atoms with E-state index in [1.807, 2.05) is 30.3 Å². The van der Waals surface area contributed by atoms with Crippen LogP contribution in [0.1, 0.15) is 63.7 Å². The average molecular weight is 592 g/mol. The van der Waals surface area contributed by atoms with E-state index in [1.54, 1.807) is 42.5 Å². The second kappa shape index (κ2) is 12.2. The van der Waals surface area contributed by atoms with E-state index in [-0.39, 0.29) is 63.8 Å². The highest BCUT2D eigenvalue weighted by Crippen LogP contribution is 2.31. The fourth-order valence-electron chi connectivity index (χ4n) is 5.08. The minimum Gasteiger partial charge on any atom is -0.508 e. The molecule has 2 N–H and O–H groups in total. The van der Waals surface area contributed by atoms with Crippen molar-refractivity contribution in [3.63, 3.8) is 0 Å². The van der Waals surface area contributed by atoms with Crippen LogP contribution in [0, 0.1) is 11.8 Å². The first-order valence-electron chi connectivity index (χ1n) is 14.1. The molecule has 0 aromatic heterocycles. The standard InChI is InChI=1S/C38H25NO6/c40-31-13-8-26(9-14-31)19-35(42)28-21-29(36(43)20-27-10-15-32(41)16-11-27)23-30(22-28)39-37(44)33-17-12-25(18-34(33)38(39)45)7-6-24-4-2-1-3-5-24/h1-5,8-18,21-23,40-41H,19-20H2. The maximum Gasteiger partial charge on any atom is 0.266 e. The molecule has 0 saturated carbocycles. The lowest BCUT2D eigenvalue weighted by Gasteiger charge is -2.17. The Labute approximate surface area is 259 Å². The molecule has 0 fully saturated rings. The Morgan fingerprint density at radius 1 is 0.556 bits per heavy atom. The van der Waals surface area contributed by atoms with Gasteiger partial charge in [0, 0.05) is 35.1 Å². The maximum absolute atomic E-state index is 13.7. The van der Waals surface area contributed by atoms with Gasteiger partial charge in [0.25, 0.3) is 11.8 Å². The summed E-state index contributed by atoms with van der Waals surface area (Å²) in [6.45, 7) is 0. The molecule has 0 spiro atoms. The Hall–Kier alpha value is -6.26. The molecule has 6 rings (SSSR count). The zero-order valence-electron chi connectivity index (χ0n) is 23.9. The summed E-state index contributed by atoms with van der Waals surface area (Å²) < 4.78 is 0. The number of amides is 2. The molecule has 1 aliphatic rings. The van der Waals surface area contributed by atoms with Gasteiger partial charge in [-0.15, -0.1) is 0 Å². The quantitative estimate of drug-likeness (QED) is 0.133. The summed E-state index contributed by atoms with van der Waals surface area (Å²) >= 11 is 0. The number of benzene rings is 5. The molecule has 45 heavy (non-hydrogen) atoms. The van der Waals surface area contributed by atoms with Crippen LogP contribution in [0.5, 0.6) is 11.5 Å². The van der Waals surface area contributed by atoms with Gasteiger partial charge in [0.2, 0.25) is 0 Å². The van der Waals surface area contributed by atoms with Crippen LogP contribution in [-0.4, -0.2) is 33.6 Å². The van der Waals surface area contributed by atoms with Crippen LogP contribution < -0.4 is 4.90 Å². The largest absolute Gasteiger partial charge is 0.508 e. The highest BCUT2D eigenvalue weighted by atomic mass is 16.3. The zero-order valence-corrected chi connectivity index (χ0v) is 23.9. The summed E-state index contributed by atoms with van der Waals surface area (Å²) in [4.78, 5) is 55.1. The SMILES string of the molecule is O=C(Cc1ccc(O)cc1)c1cc(C(=O)Cc2ccc(O)cc2)cc(N2C(=O)c3ccc(C#Cc4ccccc4)cc3C2=O)c1. The Morgan fingerprint density at radius 2 is 1.07 bits per heavy atom. The molecule has 2 amide bonds. The molecule has 5 aromatic carbocycles. The number of anilines is 1. The van der Waals surface area contributed by atoms with Crippen LogP contribution in [0.25, 0.3) is 0 Å². The Bertz CT molecular complexity index is 1960. The molecule has 5 aromatic rings. The summed E-state index contributed by atoms with van der Waals surface area (Å²) in [5.74, 6) is 4.37. The fourth-order valence-corrected chi connectivity index (χ4v) is 5.08. The van der Waals surface area contributed by atoms with Crippen molar-refractivity contribution in [2.45, 2.75) is 12.8 Å². The van der Waals surface area contributed by atoms with Crippen LogP contribution in [0.4, 0.5) is 5.69 Å². The molecule has 0 atom stereocenters. The first-order chi connectivity index (χ1) is 21.7. The lowest BCUT2D eigenvalue weighted by molar-refractivity contribution is 0.0920. The lowest BCUT2D eigenvalue weighted by atomic mass is 9.96. The van der Waals surface area contributed by atoms with Gasteiger partial charge in [-0.3, -0.25) is 19.2 Å². The zero-order chi connectivity index (χ0) is 31.5. The fraction of sp³-hybridized carbons (Fsp3) is 0.0526. The van der Waals surface area contributed by atoms with E-state index in [0.717, 1.165) is 10.5 Å². The van der Waals surface area contributed by atoms with Crippen LogP contribution >= 0.6 is 0 Å². The van der Waals surface area contributed by atoms with Gasteiger partial charge in [0.05, 0.1) is 16.8 Å². The number of phenolic OH excluding ortho intramolecular Hbond substituents is 2. The van der Waals surface area contributed by atoms with Crippen molar-refractivity contribution in [3.8, 4) is 23.3 Å². The van der Waals surface area contributed by atoms with E-state index in [0.29, 0.717) is 16.7 Å². The van der Waals surface area contributed by atoms with Gasteiger partial charge >= 0.3 is 0 Å². The van der Waals surface area contributed by atoms with Crippen molar-refractivity contribution < 1.29 is 29.4 Å². The van der Waals surface area contributed by atoms with Crippen molar-refractivity contribution in [3.05, 3.63) is 160 Å². The number of rotatable bonds is 7. The van der Waals surface area contributed by atoms with E-state index >= 15 is 0 Å². The second-order valence-corrected chi connectivity index (χ2v) is 10.6. The minimum atomic E-state index is -0.585. The average Bonchev–Trinajstić information content (AvgIpc) is 3.30. The van der Waals surface area contributed by atoms with Crippen molar-refractivity contribution in [2.75, 3.05) is 4.90 Å². The van der Waals surface area contributed by atoms with E-state index in [9.17, 15) is 29.4 Å². The van der Waals surface area contributed by atoms with Gasteiger partial charge in [0.1, 0.15) is 11.5 Å². The number of carbonyl (C=O) groups is 4. The Morgan fingerprint density at radius 3 is 1.62 bits per heavy atom. The number of aromatic hydroxyl groups is 2. The number of hydrogen-bond acceptors (Lipinski definition) is 6. The maximum atomic E-state index is 13.7. The summed E-state index contributed by atoms with van der Waals surface area (Å²) in [5, 5.41) is 19.2. The van der Waals surface area contributed by atoms with Gasteiger partial charge < -0.3 is 10.2 Å². The van der Waals surface area contributed by atoms with Crippen molar-refractivity contribution >= 4 is 29.1 Å². The van der Waals surface area contributed by atoms with Crippen molar-refractivity contribution in [1.29, 1.82) is 0 Å². The predicted octanol–water partition coefficient (Wildman–Crippen LogP) is 6.15. The summed E-state index contributed by atoms with van der Waals surface area (Å²) in [6.07, 6.45) is -0.0538. The van der Waals surface area contributed by atoms with Gasteiger partial charge in [0.15, 0.2) is 11.6 Å². The van der Waals surface area contributed by atoms with Crippen LogP contribution in [0.3, 0.4) is 0 Å². The molecule has 0 bridgehead atoms. The van der Waals surface area contributed by atoms with Crippen molar-refractivity contribution in [2.24, 2.45) is 0 Å². The van der Waals surface area contributed by atoms with Gasteiger partial charge in [-0.25, -0.2) is 4.90 Å². The third-order valence-electron chi connectivity index (χ3n) is 7.43. The normalized spacial score (nSPS) is 12.0. The summed E-state index contributed by atoms with van der Waals surface area (Å²) in [6, 6.07) is 30.9. The molecular formula is C38H25NO6. The molecule has 0 unspecified atom stereocenters.